The van der Waals surface area contributed by atoms with Crippen LogP contribution in [0.25, 0.3) is 6.08 Å². The molecule has 0 aliphatic carbocycles. The molecule has 2 aromatic rings. The van der Waals surface area contributed by atoms with Crippen molar-refractivity contribution >= 4 is 17.7 Å². The number of hydrogen-bond donors (Lipinski definition) is 1. The molecule has 31 heavy (non-hydrogen) atoms. The molecule has 0 aliphatic heterocycles. The van der Waals surface area contributed by atoms with Gasteiger partial charge in [-0.25, -0.2) is 4.79 Å². The maximum Gasteiger partial charge on any atom is 0.416 e. The van der Waals surface area contributed by atoms with E-state index in [4.69, 9.17) is 9.84 Å². The van der Waals surface area contributed by atoms with Crippen molar-refractivity contribution in [3.8, 4) is 5.75 Å². The summed E-state index contributed by atoms with van der Waals surface area (Å²) in [6.07, 6.45) is -0.0587. The van der Waals surface area contributed by atoms with Crippen molar-refractivity contribution in [2.45, 2.75) is 52.4 Å². The monoisotopic (exact) mass is 435 g/mol. The molecule has 2 rings (SSSR count). The summed E-state index contributed by atoms with van der Waals surface area (Å²) in [6, 6.07) is 10.7. The fourth-order valence-electron chi connectivity index (χ4n) is 3.08. The van der Waals surface area contributed by atoms with Crippen LogP contribution < -0.4 is 9.64 Å². The third kappa shape index (κ3) is 7.35. The van der Waals surface area contributed by atoms with Gasteiger partial charge in [0, 0.05) is 18.7 Å². The Bertz CT molecular complexity index is 890. The number of aliphatic carboxylic acids is 1. The summed E-state index contributed by atoms with van der Waals surface area (Å²) in [4.78, 5) is 12.7. The number of nitrogens with zero attached hydrogens (tertiary/aromatic N) is 1. The Balaban J connectivity index is 2.28. The summed E-state index contributed by atoms with van der Waals surface area (Å²) in [7, 11) is 0. The van der Waals surface area contributed by atoms with Crippen LogP contribution in [-0.4, -0.2) is 23.7 Å². The number of carbonyl (C=O) groups is 1. The number of carboxylic acid groups (broad SMARTS) is 1. The first kappa shape index (κ1) is 24.3. The van der Waals surface area contributed by atoms with Crippen LogP contribution in [0.2, 0.25) is 0 Å². The number of ether oxygens (including phenoxy) is 1. The van der Waals surface area contributed by atoms with Crippen LogP contribution in [0.3, 0.4) is 0 Å². The van der Waals surface area contributed by atoms with Crippen molar-refractivity contribution in [1.82, 2.24) is 0 Å². The summed E-state index contributed by atoms with van der Waals surface area (Å²) < 4.78 is 45.7. The lowest BCUT2D eigenvalue weighted by Gasteiger charge is -2.31. The Morgan fingerprint density at radius 3 is 2.39 bits per heavy atom. The number of halogens is 3. The highest BCUT2D eigenvalue weighted by molar-refractivity contribution is 5.85. The van der Waals surface area contributed by atoms with Crippen molar-refractivity contribution in [1.29, 1.82) is 0 Å². The molecule has 0 fully saturated rings. The van der Waals surface area contributed by atoms with Gasteiger partial charge in [0.2, 0.25) is 0 Å². The van der Waals surface area contributed by atoms with E-state index in [1.54, 1.807) is 24.3 Å². The number of alkyl halides is 3. The molecule has 0 radical (unpaired) electrons. The van der Waals surface area contributed by atoms with E-state index in [9.17, 15) is 18.0 Å². The Labute approximate surface area is 181 Å². The van der Waals surface area contributed by atoms with Gasteiger partial charge in [-0.1, -0.05) is 37.6 Å². The zero-order valence-electron chi connectivity index (χ0n) is 17.9. The molecule has 0 aromatic heterocycles. The quantitative estimate of drug-likeness (QED) is 0.439. The second kappa shape index (κ2) is 10.9. The molecule has 7 heteroatoms. The van der Waals surface area contributed by atoms with Crippen molar-refractivity contribution in [2.24, 2.45) is 0 Å². The van der Waals surface area contributed by atoms with Gasteiger partial charge in [-0.05, 0) is 55.7 Å². The molecule has 0 heterocycles. The summed E-state index contributed by atoms with van der Waals surface area (Å²) in [5, 5.41) is 8.69. The Kier molecular flexibility index (Phi) is 8.54. The Hall–Kier alpha value is -2.96. The molecule has 0 atom stereocenters. The lowest BCUT2D eigenvalue weighted by Crippen LogP contribution is -2.32. The maximum absolute atomic E-state index is 13.3. The van der Waals surface area contributed by atoms with Gasteiger partial charge in [0.15, 0.2) is 0 Å². The SMILES string of the molecule is CCCCN(c1ccc(C(F)(F)F)cc1OCc1ccc(C=CC(=O)O)cc1)C(C)C. The molecule has 4 nitrogen and oxygen atoms in total. The number of rotatable bonds is 10. The Morgan fingerprint density at radius 2 is 1.84 bits per heavy atom. The lowest BCUT2D eigenvalue weighted by molar-refractivity contribution is -0.137. The van der Waals surface area contributed by atoms with Crippen LogP contribution in [0, 0.1) is 0 Å². The predicted octanol–water partition coefficient (Wildman–Crippen LogP) is 6.40. The van der Waals surface area contributed by atoms with E-state index in [-0.39, 0.29) is 18.4 Å². The number of benzene rings is 2. The fourth-order valence-corrected chi connectivity index (χ4v) is 3.08. The van der Waals surface area contributed by atoms with Crippen LogP contribution in [0.1, 0.15) is 50.3 Å². The first-order valence-corrected chi connectivity index (χ1v) is 10.2. The average Bonchev–Trinajstić information content (AvgIpc) is 2.71. The Morgan fingerprint density at radius 1 is 1.16 bits per heavy atom. The molecule has 1 N–H and O–H groups in total. The zero-order valence-corrected chi connectivity index (χ0v) is 17.9. The number of hydrogen-bond acceptors (Lipinski definition) is 3. The third-order valence-electron chi connectivity index (χ3n) is 4.76. The van der Waals surface area contributed by atoms with Gasteiger partial charge in [-0.15, -0.1) is 0 Å². The van der Waals surface area contributed by atoms with Gasteiger partial charge in [-0.3, -0.25) is 0 Å². The first-order valence-electron chi connectivity index (χ1n) is 10.2. The van der Waals surface area contributed by atoms with Crippen LogP contribution in [0.4, 0.5) is 18.9 Å². The van der Waals surface area contributed by atoms with Crippen molar-refractivity contribution < 1.29 is 27.8 Å². The van der Waals surface area contributed by atoms with Gasteiger partial charge in [-0.2, -0.15) is 13.2 Å². The maximum atomic E-state index is 13.3. The molecule has 0 saturated carbocycles. The third-order valence-corrected chi connectivity index (χ3v) is 4.76. The van der Waals surface area contributed by atoms with Gasteiger partial charge >= 0.3 is 12.1 Å². The second-order valence-corrected chi connectivity index (χ2v) is 7.52. The molecule has 0 saturated heterocycles. The predicted molar refractivity (Wildman–Crippen MR) is 116 cm³/mol. The summed E-state index contributed by atoms with van der Waals surface area (Å²) in [6.45, 7) is 6.89. The van der Waals surface area contributed by atoms with Crippen molar-refractivity contribution in [3.63, 3.8) is 0 Å². The average molecular weight is 435 g/mol. The van der Waals surface area contributed by atoms with Gasteiger partial charge in [0.1, 0.15) is 12.4 Å². The van der Waals surface area contributed by atoms with Gasteiger partial charge in [0.25, 0.3) is 0 Å². The first-order chi connectivity index (χ1) is 14.6. The molecule has 0 amide bonds. The second-order valence-electron chi connectivity index (χ2n) is 7.52. The van der Waals surface area contributed by atoms with E-state index in [0.29, 0.717) is 11.3 Å². The molecular weight excluding hydrogens is 407 g/mol. The molecular formula is C24H28F3NO3. The highest BCUT2D eigenvalue weighted by Crippen LogP contribution is 2.38. The summed E-state index contributed by atoms with van der Waals surface area (Å²) in [5.41, 5.74) is 1.36. The van der Waals surface area contributed by atoms with E-state index < -0.39 is 17.7 Å². The molecule has 0 unspecified atom stereocenters. The van der Waals surface area contributed by atoms with Crippen molar-refractivity contribution in [3.05, 3.63) is 65.2 Å². The highest BCUT2D eigenvalue weighted by atomic mass is 19.4. The van der Waals surface area contributed by atoms with Crippen LogP contribution in [-0.2, 0) is 17.6 Å². The van der Waals surface area contributed by atoms with E-state index in [2.05, 4.69) is 11.8 Å². The number of carboxylic acids is 1. The summed E-state index contributed by atoms with van der Waals surface area (Å²) in [5.74, 6) is -0.850. The molecule has 0 aliphatic rings. The normalized spacial score (nSPS) is 11.8. The molecule has 168 valence electrons. The molecule has 2 aromatic carbocycles. The lowest BCUT2D eigenvalue weighted by atomic mass is 10.1. The van der Waals surface area contributed by atoms with Gasteiger partial charge in [0.05, 0.1) is 11.3 Å². The largest absolute Gasteiger partial charge is 0.487 e. The fraction of sp³-hybridized carbons (Fsp3) is 0.375. The number of anilines is 1. The molecule has 0 bridgehead atoms. The number of unbranched alkanes of at least 4 members (excludes halogenated alkanes) is 1. The van der Waals surface area contributed by atoms with Crippen molar-refractivity contribution in [2.75, 3.05) is 11.4 Å². The van der Waals surface area contributed by atoms with Crippen LogP contribution in [0.5, 0.6) is 5.75 Å². The zero-order chi connectivity index (χ0) is 23.0. The topological polar surface area (TPSA) is 49.8 Å². The minimum atomic E-state index is -4.46. The summed E-state index contributed by atoms with van der Waals surface area (Å²) >= 11 is 0. The standard InChI is InChI=1S/C24H28F3NO3/c1-4-5-14-28(17(2)3)21-12-11-20(24(25,26)27)15-22(21)31-16-19-8-6-18(7-9-19)10-13-23(29)30/h6-13,15,17H,4-5,14,16H2,1-3H3,(H,29,30). The van der Waals surface area contributed by atoms with E-state index in [1.807, 2.05) is 13.8 Å². The molecule has 0 spiro atoms. The highest BCUT2D eigenvalue weighted by Gasteiger charge is 2.32. The van der Waals surface area contributed by atoms with Crippen LogP contribution >= 0.6 is 0 Å². The smallest absolute Gasteiger partial charge is 0.416 e. The minimum absolute atomic E-state index is 0.0942. The van der Waals surface area contributed by atoms with Crippen LogP contribution in [0.15, 0.2) is 48.5 Å². The van der Waals surface area contributed by atoms with E-state index in [0.717, 1.165) is 43.2 Å². The van der Waals surface area contributed by atoms with E-state index >= 15 is 0 Å². The van der Waals surface area contributed by atoms with Gasteiger partial charge < -0.3 is 14.7 Å². The minimum Gasteiger partial charge on any atom is -0.487 e. The van der Waals surface area contributed by atoms with E-state index in [1.165, 1.54) is 12.1 Å².